The van der Waals surface area contributed by atoms with Gasteiger partial charge in [0.2, 0.25) is 5.91 Å². The number of hydrogen-bond donors (Lipinski definition) is 1. The van der Waals surface area contributed by atoms with Gasteiger partial charge in [-0.25, -0.2) is 0 Å². The van der Waals surface area contributed by atoms with Crippen molar-refractivity contribution >= 4 is 29.3 Å². The van der Waals surface area contributed by atoms with Crippen molar-refractivity contribution in [3.63, 3.8) is 0 Å². The van der Waals surface area contributed by atoms with Gasteiger partial charge in [0, 0.05) is 23.7 Å². The van der Waals surface area contributed by atoms with Gasteiger partial charge < -0.3 is 15.0 Å². The maximum absolute atomic E-state index is 12.8. The zero-order valence-corrected chi connectivity index (χ0v) is 18.9. The number of methoxy groups -OCH3 is 1. The molecule has 0 saturated heterocycles. The Morgan fingerprint density at radius 2 is 1.75 bits per heavy atom. The minimum Gasteiger partial charge on any atom is -0.496 e. The third-order valence-corrected chi connectivity index (χ3v) is 6.60. The molecule has 1 N–H and O–H groups in total. The summed E-state index contributed by atoms with van der Waals surface area (Å²) >= 11 is 1.41. The summed E-state index contributed by atoms with van der Waals surface area (Å²) < 4.78 is 5.37. The van der Waals surface area contributed by atoms with E-state index in [9.17, 15) is 9.59 Å². The van der Waals surface area contributed by atoms with E-state index in [4.69, 9.17) is 4.74 Å². The zero-order chi connectivity index (χ0) is 22.3. The number of anilines is 1. The van der Waals surface area contributed by atoms with Crippen LogP contribution in [-0.4, -0.2) is 37.8 Å². The van der Waals surface area contributed by atoms with Gasteiger partial charge in [0.1, 0.15) is 5.75 Å². The Morgan fingerprint density at radius 1 is 1.00 bits per heavy atom. The molecule has 0 atom stereocenters. The maximum Gasteiger partial charge on any atom is 0.252 e. The molecule has 164 valence electrons. The number of carbonyl (C=O) groups excluding carboxylic acids is 2. The Hall–Kier alpha value is -3.25. The Labute approximate surface area is 192 Å². The molecule has 2 amide bonds. The lowest BCUT2D eigenvalue weighted by molar-refractivity contribution is -0.116. The lowest BCUT2D eigenvalue weighted by atomic mass is 10.1. The minimum absolute atomic E-state index is 0.0614. The summed E-state index contributed by atoms with van der Waals surface area (Å²) in [4.78, 5) is 28.3. The second kappa shape index (κ2) is 10.4. The first kappa shape index (κ1) is 22.0. The van der Waals surface area contributed by atoms with Gasteiger partial charge in [-0.1, -0.05) is 48.5 Å². The number of thioether (sulfide) groups is 1. The van der Waals surface area contributed by atoms with Crippen molar-refractivity contribution in [2.24, 2.45) is 0 Å². The molecule has 0 unspecified atom stereocenters. The topological polar surface area (TPSA) is 58.6 Å². The monoisotopic (exact) mass is 446 g/mol. The van der Waals surface area contributed by atoms with E-state index >= 15 is 0 Å². The number of fused-ring (bicyclic) bond motifs is 1. The van der Waals surface area contributed by atoms with E-state index in [1.807, 2.05) is 65.6 Å². The molecule has 0 aromatic heterocycles. The highest BCUT2D eigenvalue weighted by molar-refractivity contribution is 8.00. The molecule has 0 fully saturated rings. The SMILES string of the molecule is COc1ccccc1CCNC(=O)c1ccccc1SCC(=O)N1CCc2ccccc21. The molecule has 1 aliphatic rings. The average molecular weight is 447 g/mol. The summed E-state index contributed by atoms with van der Waals surface area (Å²) in [5.74, 6) is 1.04. The summed E-state index contributed by atoms with van der Waals surface area (Å²) in [6, 6.07) is 23.3. The van der Waals surface area contributed by atoms with Crippen LogP contribution in [-0.2, 0) is 17.6 Å². The van der Waals surface area contributed by atoms with Crippen LogP contribution in [0, 0.1) is 0 Å². The lowest BCUT2D eigenvalue weighted by Crippen LogP contribution is -2.30. The van der Waals surface area contributed by atoms with Crippen LogP contribution >= 0.6 is 11.8 Å². The number of ether oxygens (including phenoxy) is 1. The van der Waals surface area contributed by atoms with E-state index < -0.39 is 0 Å². The van der Waals surface area contributed by atoms with Crippen LogP contribution in [0.3, 0.4) is 0 Å². The molecule has 6 heteroatoms. The van der Waals surface area contributed by atoms with Crippen molar-refractivity contribution in [3.05, 3.63) is 89.5 Å². The van der Waals surface area contributed by atoms with E-state index in [1.165, 1.54) is 17.3 Å². The van der Waals surface area contributed by atoms with E-state index in [0.29, 0.717) is 30.8 Å². The molecule has 3 aromatic carbocycles. The van der Waals surface area contributed by atoms with Crippen LogP contribution in [0.25, 0.3) is 0 Å². The smallest absolute Gasteiger partial charge is 0.252 e. The fourth-order valence-electron chi connectivity index (χ4n) is 3.91. The van der Waals surface area contributed by atoms with E-state index in [-0.39, 0.29) is 11.8 Å². The summed E-state index contributed by atoms with van der Waals surface area (Å²) in [6.07, 6.45) is 1.57. The van der Waals surface area contributed by atoms with Gasteiger partial charge >= 0.3 is 0 Å². The van der Waals surface area contributed by atoms with Gasteiger partial charge in [-0.3, -0.25) is 9.59 Å². The number of carbonyl (C=O) groups is 2. The van der Waals surface area contributed by atoms with Gasteiger partial charge in [-0.15, -0.1) is 11.8 Å². The molecular formula is C26H26N2O3S. The van der Waals surface area contributed by atoms with Crippen LogP contribution in [0.2, 0.25) is 0 Å². The van der Waals surface area contributed by atoms with Gasteiger partial charge in [0.15, 0.2) is 0 Å². The van der Waals surface area contributed by atoms with Gasteiger partial charge in [0.25, 0.3) is 5.91 Å². The molecule has 1 heterocycles. The van der Waals surface area contributed by atoms with Crippen molar-refractivity contribution in [2.45, 2.75) is 17.7 Å². The van der Waals surface area contributed by atoms with Crippen LogP contribution in [0.15, 0.2) is 77.7 Å². The highest BCUT2D eigenvalue weighted by Gasteiger charge is 2.24. The van der Waals surface area contributed by atoms with Crippen LogP contribution < -0.4 is 15.0 Å². The van der Waals surface area contributed by atoms with Gasteiger partial charge in [-0.2, -0.15) is 0 Å². The fraction of sp³-hybridized carbons (Fsp3) is 0.231. The van der Waals surface area contributed by atoms with Crippen molar-refractivity contribution < 1.29 is 14.3 Å². The maximum atomic E-state index is 12.8. The standard InChI is InChI=1S/C26H26N2O3S/c1-31-23-12-6-3-9-20(23)14-16-27-26(30)21-10-4-7-13-24(21)32-18-25(29)28-17-15-19-8-2-5-11-22(19)28/h2-13H,14-18H2,1H3,(H,27,30). The molecule has 5 nitrogen and oxygen atoms in total. The molecule has 0 spiro atoms. The molecule has 0 radical (unpaired) electrons. The molecule has 0 saturated carbocycles. The second-order valence-electron chi connectivity index (χ2n) is 7.53. The minimum atomic E-state index is -0.137. The predicted octanol–water partition coefficient (Wildman–Crippen LogP) is 4.35. The van der Waals surface area contributed by atoms with Crippen molar-refractivity contribution in [3.8, 4) is 5.75 Å². The largest absolute Gasteiger partial charge is 0.496 e. The summed E-state index contributed by atoms with van der Waals surface area (Å²) in [5, 5.41) is 2.99. The molecule has 3 aromatic rings. The number of benzene rings is 3. The molecule has 32 heavy (non-hydrogen) atoms. The van der Waals surface area contributed by atoms with Crippen molar-refractivity contribution in [1.82, 2.24) is 5.32 Å². The van der Waals surface area contributed by atoms with Crippen LogP contribution in [0.1, 0.15) is 21.5 Å². The van der Waals surface area contributed by atoms with E-state index in [0.717, 1.165) is 28.3 Å². The number of hydrogen-bond acceptors (Lipinski definition) is 4. The zero-order valence-electron chi connectivity index (χ0n) is 18.0. The summed E-state index contributed by atoms with van der Waals surface area (Å²) in [7, 11) is 1.65. The summed E-state index contributed by atoms with van der Waals surface area (Å²) in [5.41, 5.74) is 3.85. The van der Waals surface area contributed by atoms with E-state index in [1.54, 1.807) is 13.2 Å². The van der Waals surface area contributed by atoms with Gasteiger partial charge in [-0.05, 0) is 48.2 Å². The Kier molecular flexibility index (Phi) is 7.12. The predicted molar refractivity (Wildman–Crippen MR) is 129 cm³/mol. The second-order valence-corrected chi connectivity index (χ2v) is 8.54. The van der Waals surface area contributed by atoms with E-state index in [2.05, 4.69) is 11.4 Å². The first-order valence-electron chi connectivity index (χ1n) is 10.7. The Bertz CT molecular complexity index is 1120. The first-order chi connectivity index (χ1) is 15.7. The Balaban J connectivity index is 1.35. The first-order valence-corrected chi connectivity index (χ1v) is 11.7. The molecule has 1 aliphatic heterocycles. The average Bonchev–Trinajstić information content (AvgIpc) is 3.27. The third kappa shape index (κ3) is 4.97. The fourth-order valence-corrected chi connectivity index (χ4v) is 4.84. The van der Waals surface area contributed by atoms with Crippen molar-refractivity contribution in [2.75, 3.05) is 30.9 Å². The number of nitrogens with one attached hydrogen (secondary N) is 1. The molecule has 0 bridgehead atoms. The molecular weight excluding hydrogens is 420 g/mol. The number of para-hydroxylation sites is 2. The lowest BCUT2D eigenvalue weighted by Gasteiger charge is -2.17. The summed E-state index contributed by atoms with van der Waals surface area (Å²) in [6.45, 7) is 1.21. The number of rotatable bonds is 8. The number of nitrogens with zero attached hydrogens (tertiary/aromatic N) is 1. The normalized spacial score (nSPS) is 12.3. The quantitative estimate of drug-likeness (QED) is 0.523. The number of amides is 2. The molecule has 4 rings (SSSR count). The third-order valence-electron chi connectivity index (χ3n) is 5.54. The van der Waals surface area contributed by atoms with Gasteiger partial charge in [0.05, 0.1) is 18.4 Å². The van der Waals surface area contributed by atoms with Crippen LogP contribution in [0.5, 0.6) is 5.75 Å². The highest BCUT2D eigenvalue weighted by atomic mass is 32.2. The van der Waals surface area contributed by atoms with Crippen molar-refractivity contribution in [1.29, 1.82) is 0 Å². The van der Waals surface area contributed by atoms with Crippen LogP contribution in [0.4, 0.5) is 5.69 Å². The molecule has 0 aliphatic carbocycles. The highest BCUT2D eigenvalue weighted by Crippen LogP contribution is 2.29. The Morgan fingerprint density at radius 3 is 2.62 bits per heavy atom.